The quantitative estimate of drug-likeness (QED) is 0.648. The number of rotatable bonds is 6. The van der Waals surface area contributed by atoms with E-state index in [2.05, 4.69) is 10.1 Å². The monoisotopic (exact) mass is 324 g/mol. The smallest absolute Gasteiger partial charge is 0.338 e. The Morgan fingerprint density at radius 1 is 1.04 bits per heavy atom. The van der Waals surface area contributed by atoms with Crippen LogP contribution in [-0.4, -0.2) is 16.1 Å². The molecule has 0 fully saturated rings. The number of ether oxygens (including phenoxy) is 2. The van der Waals surface area contributed by atoms with Gasteiger partial charge >= 0.3 is 5.97 Å². The lowest BCUT2D eigenvalue weighted by atomic mass is 10.1. The summed E-state index contributed by atoms with van der Waals surface area (Å²) in [5.41, 5.74) is 1.41. The first kappa shape index (κ1) is 15.7. The lowest BCUT2D eigenvalue weighted by molar-refractivity contribution is 0.0430. The van der Waals surface area contributed by atoms with Crippen molar-refractivity contribution in [3.8, 4) is 5.75 Å². The van der Waals surface area contributed by atoms with Crippen molar-refractivity contribution in [1.82, 2.24) is 10.1 Å². The summed E-state index contributed by atoms with van der Waals surface area (Å²) in [5, 5.41) is 3.63. The van der Waals surface area contributed by atoms with Crippen LogP contribution in [-0.2, 0) is 18.0 Å². The fraction of sp³-hybridized carbons (Fsp3) is 0.167. The summed E-state index contributed by atoms with van der Waals surface area (Å²) in [5.74, 6) is 1.13. The lowest BCUT2D eigenvalue weighted by Crippen LogP contribution is -2.06. The molecular formula is C18H16N2O4. The minimum absolute atomic E-state index is 0.0431. The molecule has 6 heteroatoms. The van der Waals surface area contributed by atoms with Crippen LogP contribution in [0.4, 0.5) is 0 Å². The summed E-state index contributed by atoms with van der Waals surface area (Å²) < 4.78 is 15.7. The van der Waals surface area contributed by atoms with Crippen molar-refractivity contribution >= 4 is 5.97 Å². The van der Waals surface area contributed by atoms with Gasteiger partial charge in [0.1, 0.15) is 12.4 Å². The molecular weight excluding hydrogens is 308 g/mol. The molecule has 24 heavy (non-hydrogen) atoms. The van der Waals surface area contributed by atoms with Crippen molar-refractivity contribution < 1.29 is 18.8 Å². The Bertz CT molecular complexity index is 797. The predicted molar refractivity (Wildman–Crippen MR) is 85.4 cm³/mol. The maximum Gasteiger partial charge on any atom is 0.338 e. The van der Waals surface area contributed by atoms with Crippen LogP contribution in [0.3, 0.4) is 0 Å². The van der Waals surface area contributed by atoms with Crippen LogP contribution in [0.1, 0.15) is 27.6 Å². The maximum absolute atomic E-state index is 12.0. The Morgan fingerprint density at radius 2 is 1.79 bits per heavy atom. The average Bonchev–Trinajstić information content (AvgIpc) is 3.04. The molecule has 1 heterocycles. The van der Waals surface area contributed by atoms with E-state index in [1.54, 1.807) is 19.1 Å². The molecule has 122 valence electrons. The Labute approximate surface area is 139 Å². The van der Waals surface area contributed by atoms with Crippen LogP contribution in [0.5, 0.6) is 5.75 Å². The normalized spacial score (nSPS) is 10.4. The summed E-state index contributed by atoms with van der Waals surface area (Å²) in [4.78, 5) is 15.9. The number of aryl methyl sites for hydroxylation is 1. The van der Waals surface area contributed by atoms with Crippen LogP contribution in [0.25, 0.3) is 0 Å². The van der Waals surface area contributed by atoms with Gasteiger partial charge in [0.05, 0.1) is 5.56 Å². The molecule has 0 spiro atoms. The third kappa shape index (κ3) is 4.19. The molecule has 1 aromatic heterocycles. The molecule has 0 atom stereocenters. The molecule has 0 aliphatic rings. The zero-order valence-electron chi connectivity index (χ0n) is 13.1. The van der Waals surface area contributed by atoms with Gasteiger partial charge in [0.15, 0.2) is 12.4 Å². The Hall–Kier alpha value is -3.15. The molecule has 2 aromatic carbocycles. The van der Waals surface area contributed by atoms with Gasteiger partial charge in [0.2, 0.25) is 0 Å². The van der Waals surface area contributed by atoms with E-state index in [-0.39, 0.29) is 12.5 Å². The molecule has 3 aromatic rings. The minimum atomic E-state index is -0.443. The van der Waals surface area contributed by atoms with E-state index in [1.807, 2.05) is 42.5 Å². The first-order valence-electron chi connectivity index (χ1n) is 7.44. The largest absolute Gasteiger partial charge is 0.489 e. The Balaban J connectivity index is 1.52. The number of esters is 1. The summed E-state index contributed by atoms with van der Waals surface area (Å²) in [7, 11) is 0. The zero-order valence-corrected chi connectivity index (χ0v) is 13.1. The second-order valence-electron chi connectivity index (χ2n) is 5.11. The molecule has 0 bridgehead atoms. The standard InChI is InChI=1S/C18H16N2O4/c1-13-19-17(24-20-13)12-23-18(21)15-9-7-14(8-10-15)11-22-16-5-3-2-4-6-16/h2-10H,11-12H2,1H3. The Morgan fingerprint density at radius 3 is 2.46 bits per heavy atom. The predicted octanol–water partition coefficient (Wildman–Crippen LogP) is 3.31. The highest BCUT2D eigenvalue weighted by Crippen LogP contribution is 2.13. The second-order valence-corrected chi connectivity index (χ2v) is 5.11. The van der Waals surface area contributed by atoms with Crippen LogP contribution < -0.4 is 4.74 Å². The molecule has 0 saturated heterocycles. The highest BCUT2D eigenvalue weighted by atomic mass is 16.6. The van der Waals surface area contributed by atoms with E-state index in [9.17, 15) is 4.79 Å². The van der Waals surface area contributed by atoms with E-state index in [1.165, 1.54) is 0 Å². The SMILES string of the molecule is Cc1noc(COC(=O)c2ccc(COc3ccccc3)cc2)n1. The van der Waals surface area contributed by atoms with Gasteiger partial charge in [0.25, 0.3) is 5.89 Å². The van der Waals surface area contributed by atoms with E-state index >= 15 is 0 Å². The van der Waals surface area contributed by atoms with Gasteiger partial charge in [0, 0.05) is 0 Å². The van der Waals surface area contributed by atoms with Gasteiger partial charge in [-0.15, -0.1) is 0 Å². The van der Waals surface area contributed by atoms with Gasteiger partial charge in [-0.2, -0.15) is 4.98 Å². The van der Waals surface area contributed by atoms with E-state index in [0.717, 1.165) is 11.3 Å². The number of benzene rings is 2. The molecule has 0 aliphatic heterocycles. The lowest BCUT2D eigenvalue weighted by Gasteiger charge is -2.07. The van der Waals surface area contributed by atoms with Crippen molar-refractivity contribution in [2.75, 3.05) is 0 Å². The van der Waals surface area contributed by atoms with Gasteiger partial charge in [-0.05, 0) is 36.8 Å². The van der Waals surface area contributed by atoms with Crippen LogP contribution >= 0.6 is 0 Å². The molecule has 0 amide bonds. The van der Waals surface area contributed by atoms with Gasteiger partial charge in [-0.25, -0.2) is 4.79 Å². The molecule has 3 rings (SSSR count). The number of para-hydroxylation sites is 1. The van der Waals surface area contributed by atoms with Gasteiger partial charge < -0.3 is 14.0 Å². The molecule has 0 saturated carbocycles. The fourth-order valence-electron chi connectivity index (χ4n) is 2.03. The first-order chi connectivity index (χ1) is 11.7. The Kier molecular flexibility index (Phi) is 4.86. The third-order valence-electron chi connectivity index (χ3n) is 3.23. The topological polar surface area (TPSA) is 74.5 Å². The minimum Gasteiger partial charge on any atom is -0.489 e. The van der Waals surface area contributed by atoms with Crippen molar-refractivity contribution in [1.29, 1.82) is 0 Å². The van der Waals surface area contributed by atoms with Crippen LogP contribution in [0.15, 0.2) is 59.1 Å². The number of nitrogens with zero attached hydrogens (tertiary/aromatic N) is 2. The number of carbonyl (C=O) groups is 1. The van der Waals surface area contributed by atoms with E-state index < -0.39 is 5.97 Å². The summed E-state index contributed by atoms with van der Waals surface area (Å²) in [6.45, 7) is 2.09. The fourth-order valence-corrected chi connectivity index (χ4v) is 2.03. The van der Waals surface area contributed by atoms with Crippen LogP contribution in [0.2, 0.25) is 0 Å². The molecule has 0 aliphatic carbocycles. The zero-order chi connectivity index (χ0) is 16.8. The number of aromatic nitrogens is 2. The summed E-state index contributed by atoms with van der Waals surface area (Å²) in [6, 6.07) is 16.6. The molecule has 0 unspecified atom stereocenters. The average molecular weight is 324 g/mol. The molecule has 0 N–H and O–H groups in total. The number of hydrogen-bond acceptors (Lipinski definition) is 6. The second kappa shape index (κ2) is 7.41. The van der Waals surface area contributed by atoms with Crippen molar-refractivity contribution in [2.24, 2.45) is 0 Å². The van der Waals surface area contributed by atoms with Gasteiger partial charge in [-0.3, -0.25) is 0 Å². The molecule has 0 radical (unpaired) electrons. The summed E-state index contributed by atoms with van der Waals surface area (Å²) in [6.07, 6.45) is 0. The first-order valence-corrected chi connectivity index (χ1v) is 7.44. The number of hydrogen-bond donors (Lipinski definition) is 0. The molecule has 6 nitrogen and oxygen atoms in total. The number of carbonyl (C=O) groups excluding carboxylic acids is 1. The van der Waals surface area contributed by atoms with Crippen LogP contribution in [0, 0.1) is 6.92 Å². The highest BCUT2D eigenvalue weighted by molar-refractivity contribution is 5.89. The maximum atomic E-state index is 12.0. The van der Waals surface area contributed by atoms with Crippen molar-refractivity contribution in [3.63, 3.8) is 0 Å². The van der Waals surface area contributed by atoms with Crippen molar-refractivity contribution in [2.45, 2.75) is 20.1 Å². The van der Waals surface area contributed by atoms with Gasteiger partial charge in [-0.1, -0.05) is 35.5 Å². The van der Waals surface area contributed by atoms with Crippen molar-refractivity contribution in [3.05, 3.63) is 77.4 Å². The van der Waals surface area contributed by atoms with E-state index in [4.69, 9.17) is 14.0 Å². The van der Waals surface area contributed by atoms with E-state index in [0.29, 0.717) is 18.0 Å². The highest BCUT2D eigenvalue weighted by Gasteiger charge is 2.10. The third-order valence-corrected chi connectivity index (χ3v) is 3.23. The summed E-state index contributed by atoms with van der Waals surface area (Å²) >= 11 is 0.